The maximum Gasteiger partial charge on any atom is 0.0487 e. The SMILES string of the molecule is C1=Cc2ccccc2N(c2ccccc2)C1. The van der Waals surface area contributed by atoms with Gasteiger partial charge in [-0.1, -0.05) is 48.6 Å². The second-order valence-electron chi connectivity index (χ2n) is 3.91. The quantitative estimate of drug-likeness (QED) is 0.686. The van der Waals surface area contributed by atoms with Crippen molar-refractivity contribution < 1.29 is 0 Å². The van der Waals surface area contributed by atoms with Crippen LogP contribution >= 0.6 is 0 Å². The van der Waals surface area contributed by atoms with Crippen LogP contribution in [0.25, 0.3) is 6.08 Å². The van der Waals surface area contributed by atoms with E-state index in [1.165, 1.54) is 16.9 Å². The minimum Gasteiger partial charge on any atom is -0.337 e. The predicted molar refractivity (Wildman–Crippen MR) is 68.9 cm³/mol. The molecule has 2 aromatic rings. The number of rotatable bonds is 1. The Labute approximate surface area is 95.6 Å². The Morgan fingerprint density at radius 3 is 2.44 bits per heavy atom. The lowest BCUT2D eigenvalue weighted by Crippen LogP contribution is -2.19. The van der Waals surface area contributed by atoms with Gasteiger partial charge in [-0.25, -0.2) is 0 Å². The second kappa shape index (κ2) is 3.86. The summed E-state index contributed by atoms with van der Waals surface area (Å²) >= 11 is 0. The van der Waals surface area contributed by atoms with Crippen molar-refractivity contribution >= 4 is 17.5 Å². The molecule has 0 N–H and O–H groups in total. The molecule has 1 nitrogen and oxygen atoms in total. The fourth-order valence-electron chi connectivity index (χ4n) is 2.11. The highest BCUT2D eigenvalue weighted by Gasteiger charge is 2.13. The van der Waals surface area contributed by atoms with Gasteiger partial charge in [-0.05, 0) is 23.8 Å². The van der Waals surface area contributed by atoms with Gasteiger partial charge in [-0.3, -0.25) is 0 Å². The maximum atomic E-state index is 2.33. The summed E-state index contributed by atoms with van der Waals surface area (Å²) in [4.78, 5) is 2.33. The molecule has 0 amide bonds. The molecule has 1 aliphatic heterocycles. The monoisotopic (exact) mass is 207 g/mol. The first-order chi connectivity index (χ1) is 7.95. The average molecular weight is 207 g/mol. The van der Waals surface area contributed by atoms with Crippen molar-refractivity contribution in [1.29, 1.82) is 0 Å². The van der Waals surface area contributed by atoms with E-state index in [1.54, 1.807) is 0 Å². The molecule has 1 aliphatic rings. The Balaban J connectivity index is 2.09. The lowest BCUT2D eigenvalue weighted by Gasteiger charge is -2.28. The van der Waals surface area contributed by atoms with E-state index in [1.807, 2.05) is 0 Å². The summed E-state index contributed by atoms with van der Waals surface area (Å²) in [5.41, 5.74) is 3.83. The smallest absolute Gasteiger partial charge is 0.0487 e. The van der Waals surface area contributed by atoms with Gasteiger partial charge in [0.15, 0.2) is 0 Å². The fourth-order valence-corrected chi connectivity index (χ4v) is 2.11. The number of fused-ring (bicyclic) bond motifs is 1. The molecule has 0 radical (unpaired) electrons. The van der Waals surface area contributed by atoms with Crippen LogP contribution in [0.3, 0.4) is 0 Å². The molecule has 78 valence electrons. The zero-order valence-electron chi connectivity index (χ0n) is 9.01. The molecule has 0 aliphatic carbocycles. The third-order valence-electron chi connectivity index (χ3n) is 2.88. The van der Waals surface area contributed by atoms with Gasteiger partial charge in [-0.15, -0.1) is 0 Å². The summed E-state index contributed by atoms with van der Waals surface area (Å²) in [5.74, 6) is 0. The van der Waals surface area contributed by atoms with E-state index in [0.717, 1.165) is 6.54 Å². The molecule has 3 rings (SSSR count). The molecular weight excluding hydrogens is 194 g/mol. The topological polar surface area (TPSA) is 3.24 Å². The van der Waals surface area contributed by atoms with Gasteiger partial charge in [0.1, 0.15) is 0 Å². The summed E-state index contributed by atoms with van der Waals surface area (Å²) in [6.07, 6.45) is 4.39. The fraction of sp³-hybridized carbons (Fsp3) is 0.0667. The van der Waals surface area contributed by atoms with E-state index in [-0.39, 0.29) is 0 Å². The molecule has 1 heteroatoms. The Morgan fingerprint density at radius 2 is 1.56 bits per heavy atom. The van der Waals surface area contributed by atoms with Gasteiger partial charge < -0.3 is 4.90 Å². The Hall–Kier alpha value is -2.02. The first-order valence-corrected chi connectivity index (χ1v) is 5.53. The van der Waals surface area contributed by atoms with E-state index in [9.17, 15) is 0 Å². The number of para-hydroxylation sites is 2. The van der Waals surface area contributed by atoms with Gasteiger partial charge in [0, 0.05) is 17.9 Å². The first-order valence-electron chi connectivity index (χ1n) is 5.53. The number of hydrogen-bond donors (Lipinski definition) is 0. The summed E-state index contributed by atoms with van der Waals surface area (Å²) in [6, 6.07) is 19.0. The predicted octanol–water partition coefficient (Wildman–Crippen LogP) is 3.85. The van der Waals surface area contributed by atoms with Crippen molar-refractivity contribution in [3.05, 3.63) is 66.2 Å². The molecule has 16 heavy (non-hydrogen) atoms. The molecule has 0 bridgehead atoms. The number of hydrogen-bond acceptors (Lipinski definition) is 1. The summed E-state index contributed by atoms with van der Waals surface area (Å²) in [7, 11) is 0. The number of anilines is 2. The number of nitrogens with zero attached hydrogens (tertiary/aromatic N) is 1. The van der Waals surface area contributed by atoms with Crippen molar-refractivity contribution in [1.82, 2.24) is 0 Å². The molecule has 1 heterocycles. The molecule has 0 saturated heterocycles. The maximum absolute atomic E-state index is 2.33. The average Bonchev–Trinajstić information content (AvgIpc) is 2.39. The van der Waals surface area contributed by atoms with Crippen LogP contribution in [0.1, 0.15) is 5.56 Å². The van der Waals surface area contributed by atoms with E-state index >= 15 is 0 Å². The van der Waals surface area contributed by atoms with Crippen LogP contribution in [-0.4, -0.2) is 6.54 Å². The van der Waals surface area contributed by atoms with E-state index in [0.29, 0.717) is 0 Å². The molecule has 0 saturated carbocycles. The number of benzene rings is 2. The molecule has 0 aromatic heterocycles. The van der Waals surface area contributed by atoms with Crippen molar-refractivity contribution in [3.8, 4) is 0 Å². The van der Waals surface area contributed by atoms with Crippen LogP contribution in [0.5, 0.6) is 0 Å². The first kappa shape index (κ1) is 9.22. The van der Waals surface area contributed by atoms with E-state index in [2.05, 4.69) is 71.6 Å². The molecule has 0 atom stereocenters. The van der Waals surface area contributed by atoms with Crippen LogP contribution in [0.15, 0.2) is 60.7 Å². The third-order valence-corrected chi connectivity index (χ3v) is 2.88. The molecule has 0 spiro atoms. The van der Waals surface area contributed by atoms with Crippen molar-refractivity contribution in [2.24, 2.45) is 0 Å². The summed E-state index contributed by atoms with van der Waals surface area (Å²) < 4.78 is 0. The minimum atomic E-state index is 0.945. The minimum absolute atomic E-state index is 0.945. The normalized spacial score (nSPS) is 13.6. The van der Waals surface area contributed by atoms with Crippen LogP contribution < -0.4 is 4.90 Å². The van der Waals surface area contributed by atoms with Crippen LogP contribution in [-0.2, 0) is 0 Å². The van der Waals surface area contributed by atoms with Gasteiger partial charge in [0.25, 0.3) is 0 Å². The molecule has 2 aromatic carbocycles. The van der Waals surface area contributed by atoms with Gasteiger partial charge in [0.2, 0.25) is 0 Å². The highest BCUT2D eigenvalue weighted by Crippen LogP contribution is 2.31. The Kier molecular flexibility index (Phi) is 2.22. The van der Waals surface area contributed by atoms with Crippen LogP contribution in [0, 0.1) is 0 Å². The van der Waals surface area contributed by atoms with E-state index in [4.69, 9.17) is 0 Å². The Bertz CT molecular complexity index is 514. The van der Waals surface area contributed by atoms with Crippen LogP contribution in [0.4, 0.5) is 11.4 Å². The highest BCUT2D eigenvalue weighted by molar-refractivity contribution is 5.77. The standard InChI is InChI=1S/C15H13N/c1-2-9-14(10-3-1)16-12-6-8-13-7-4-5-11-15(13)16/h1-11H,12H2. The third kappa shape index (κ3) is 1.50. The Morgan fingerprint density at radius 1 is 0.812 bits per heavy atom. The van der Waals surface area contributed by atoms with Gasteiger partial charge in [0.05, 0.1) is 0 Å². The summed E-state index contributed by atoms with van der Waals surface area (Å²) in [5, 5.41) is 0. The zero-order valence-corrected chi connectivity index (χ0v) is 9.01. The van der Waals surface area contributed by atoms with Crippen molar-refractivity contribution in [3.63, 3.8) is 0 Å². The van der Waals surface area contributed by atoms with Crippen LogP contribution in [0.2, 0.25) is 0 Å². The van der Waals surface area contributed by atoms with Crippen molar-refractivity contribution in [2.45, 2.75) is 0 Å². The zero-order chi connectivity index (χ0) is 10.8. The van der Waals surface area contributed by atoms with E-state index < -0.39 is 0 Å². The largest absolute Gasteiger partial charge is 0.337 e. The molecule has 0 fully saturated rings. The summed E-state index contributed by atoms with van der Waals surface area (Å²) in [6.45, 7) is 0.945. The van der Waals surface area contributed by atoms with Gasteiger partial charge >= 0.3 is 0 Å². The lowest BCUT2D eigenvalue weighted by molar-refractivity contribution is 1.08. The second-order valence-corrected chi connectivity index (χ2v) is 3.91. The highest BCUT2D eigenvalue weighted by atomic mass is 15.1. The molecule has 0 unspecified atom stereocenters. The van der Waals surface area contributed by atoms with Crippen molar-refractivity contribution in [2.75, 3.05) is 11.4 Å². The lowest BCUT2D eigenvalue weighted by atomic mass is 10.1. The molecular formula is C15H13N. The van der Waals surface area contributed by atoms with Gasteiger partial charge in [-0.2, -0.15) is 0 Å².